The van der Waals surface area contributed by atoms with Crippen LogP contribution in [0, 0.1) is 60.4 Å². The van der Waals surface area contributed by atoms with Crippen molar-refractivity contribution in [2.75, 3.05) is 0 Å². The first-order chi connectivity index (χ1) is 16.8. The molecule has 34 heavy (non-hydrogen) atoms. The molecule has 6 rings (SSSR count). The maximum atomic E-state index is 4.93. The summed E-state index contributed by atoms with van der Waals surface area (Å²) in [6.07, 6.45) is 27.0. The van der Waals surface area contributed by atoms with Crippen molar-refractivity contribution in [3.05, 3.63) is 170 Å². The fraction of sp³-hybridized carbons (Fsp3) is 0. The summed E-state index contributed by atoms with van der Waals surface area (Å²) in [6, 6.07) is 22.4. The van der Waals surface area contributed by atoms with Crippen molar-refractivity contribution in [2.45, 2.75) is 0 Å². The molecule has 0 aliphatic heterocycles. The minimum absolute atomic E-state index is 0.826. The standard InChI is InChI=1S/C30H22Si.2ClH.Zr/c1-3-13-25(14-4-1)31(26-15-5-2-6-16-26,29-21-19-23-11-7-9-17-27(23)29)30-22-20-24-12-8-10-18-28(24)30;;;/h1-22H;2*1H;/q;;;+2/p-2. The zero-order chi connectivity index (χ0) is 23.4. The monoisotopic (exact) mass is 570 g/mol. The quantitative estimate of drug-likeness (QED) is 0.380. The second-order valence-corrected chi connectivity index (χ2v) is 15.7. The van der Waals surface area contributed by atoms with E-state index in [0.29, 0.717) is 0 Å². The van der Waals surface area contributed by atoms with Gasteiger partial charge in [0.15, 0.2) is 0 Å². The average Bonchev–Trinajstić information content (AvgIpc) is 3.52. The molecular weight excluding hydrogens is 551 g/mol. The molecule has 2 fully saturated rings. The Morgan fingerprint density at radius 3 is 1.29 bits per heavy atom. The summed E-state index contributed by atoms with van der Waals surface area (Å²) in [4.78, 5) is 0. The maximum absolute atomic E-state index is 4.93. The summed E-state index contributed by atoms with van der Waals surface area (Å²) in [5.41, 5.74) is 2.94. The van der Waals surface area contributed by atoms with Gasteiger partial charge in [-0.15, -0.1) is 0 Å². The Balaban J connectivity index is 0.000000764. The van der Waals surface area contributed by atoms with Crippen molar-refractivity contribution in [1.29, 1.82) is 0 Å². The van der Waals surface area contributed by atoms with E-state index >= 15 is 0 Å². The van der Waals surface area contributed by atoms with E-state index in [1.54, 1.807) is 0 Å². The van der Waals surface area contributed by atoms with Crippen LogP contribution in [0.25, 0.3) is 0 Å². The van der Waals surface area contributed by atoms with Gasteiger partial charge in [0.05, 0.1) is 0 Å². The minimum atomic E-state index is -2.52. The third-order valence-corrected chi connectivity index (χ3v) is 11.5. The Kier molecular flexibility index (Phi) is 8.32. The molecule has 0 aromatic heterocycles. The van der Waals surface area contributed by atoms with Crippen LogP contribution in [0.4, 0.5) is 0 Å². The topological polar surface area (TPSA) is 0 Å². The molecule has 0 nitrogen and oxygen atoms in total. The van der Waals surface area contributed by atoms with E-state index in [4.69, 9.17) is 17.0 Å². The number of allylic oxidation sites excluding steroid dienone is 8. The van der Waals surface area contributed by atoms with Gasteiger partial charge in [-0.2, -0.15) is 0 Å². The molecule has 0 heterocycles. The van der Waals surface area contributed by atoms with Crippen LogP contribution in [0.3, 0.4) is 0 Å². The van der Waals surface area contributed by atoms with Crippen LogP contribution in [-0.2, 0) is 20.8 Å². The Morgan fingerprint density at radius 1 is 0.500 bits per heavy atom. The van der Waals surface area contributed by atoms with Gasteiger partial charge in [-0.05, 0) is 36.8 Å². The molecule has 0 atom stereocenters. The number of benzene rings is 2. The fourth-order valence-electron chi connectivity index (χ4n) is 5.27. The molecule has 0 bridgehead atoms. The van der Waals surface area contributed by atoms with Gasteiger partial charge in [0.1, 0.15) is 8.07 Å². The van der Waals surface area contributed by atoms with Crippen LogP contribution in [0.5, 0.6) is 0 Å². The van der Waals surface area contributed by atoms with E-state index < -0.39 is 28.9 Å². The van der Waals surface area contributed by atoms with Crippen LogP contribution < -0.4 is 10.4 Å². The van der Waals surface area contributed by atoms with Crippen LogP contribution in [0.1, 0.15) is 0 Å². The van der Waals surface area contributed by atoms with Crippen LogP contribution >= 0.6 is 17.0 Å². The second kappa shape index (κ2) is 11.4. The number of halogens is 2. The Morgan fingerprint density at radius 2 is 0.882 bits per heavy atom. The third-order valence-electron chi connectivity index (χ3n) is 6.58. The molecule has 2 aromatic rings. The van der Waals surface area contributed by atoms with Crippen LogP contribution in [0.2, 0.25) is 0 Å². The molecule has 0 unspecified atom stereocenters. The van der Waals surface area contributed by atoms with Crippen molar-refractivity contribution in [2.24, 2.45) is 0 Å². The predicted octanol–water partition coefficient (Wildman–Crippen LogP) is 6.25. The Labute approximate surface area is 224 Å². The Hall–Kier alpha value is -0.920. The summed E-state index contributed by atoms with van der Waals surface area (Å²) in [5, 5.41) is 2.85. The predicted molar refractivity (Wildman–Crippen MR) is 143 cm³/mol. The van der Waals surface area contributed by atoms with Gasteiger partial charge in [0.25, 0.3) is 0 Å². The average molecular weight is 573 g/mol. The first kappa shape index (κ1) is 24.8. The number of hydrogen-bond acceptors (Lipinski definition) is 0. The van der Waals surface area contributed by atoms with E-state index in [2.05, 4.69) is 135 Å². The SMILES string of the molecule is [CH]1[CH][C]([Si]([C]2[CH][CH][C]3C=CC=C[C]32)(c2ccccc2)c2ccccc2)[C]2C=CC=C[C]12.[Cl][Zr][Cl]. The fourth-order valence-corrected chi connectivity index (χ4v) is 10.4. The first-order valence-electron chi connectivity index (χ1n) is 11.2. The number of rotatable bonds is 4. The zero-order valence-corrected chi connectivity index (χ0v) is 23.4. The van der Waals surface area contributed by atoms with Gasteiger partial charge in [-0.25, -0.2) is 0 Å². The molecule has 2 aromatic carbocycles. The molecule has 4 heteroatoms. The van der Waals surface area contributed by atoms with Gasteiger partial charge in [0, 0.05) is 23.7 Å². The van der Waals surface area contributed by atoms with Crippen molar-refractivity contribution in [3.8, 4) is 0 Å². The van der Waals surface area contributed by atoms with Gasteiger partial charge in [-0.3, -0.25) is 0 Å². The molecule has 0 N–H and O–H groups in total. The van der Waals surface area contributed by atoms with Gasteiger partial charge in [0.2, 0.25) is 0 Å². The summed E-state index contributed by atoms with van der Waals surface area (Å²) in [7, 11) is 7.34. The zero-order valence-electron chi connectivity index (χ0n) is 18.5. The van der Waals surface area contributed by atoms with Crippen LogP contribution in [-0.4, -0.2) is 8.07 Å². The van der Waals surface area contributed by atoms with Crippen molar-refractivity contribution < 1.29 is 20.8 Å². The van der Waals surface area contributed by atoms with Gasteiger partial charge < -0.3 is 0 Å². The van der Waals surface area contributed by atoms with Crippen molar-refractivity contribution in [3.63, 3.8) is 0 Å². The molecule has 4 aliphatic carbocycles. The number of fused-ring (bicyclic) bond motifs is 2. The molecule has 4 aliphatic rings. The van der Waals surface area contributed by atoms with E-state index in [0.717, 1.165) is 0 Å². The number of hydrogen-bond donors (Lipinski definition) is 0. The van der Waals surface area contributed by atoms with E-state index in [-0.39, 0.29) is 0 Å². The summed E-state index contributed by atoms with van der Waals surface area (Å²) in [5.74, 6) is 5.37. The molecule has 164 valence electrons. The van der Waals surface area contributed by atoms with Crippen molar-refractivity contribution in [1.82, 2.24) is 0 Å². The Bertz CT molecular complexity index is 976. The molecule has 0 saturated heterocycles. The molecule has 0 amide bonds. The second-order valence-electron chi connectivity index (χ2n) is 8.22. The van der Waals surface area contributed by atoms with E-state index in [9.17, 15) is 0 Å². The summed E-state index contributed by atoms with van der Waals surface area (Å²) < 4.78 is 0. The van der Waals surface area contributed by atoms with Gasteiger partial charge in [-0.1, -0.05) is 120 Å². The van der Waals surface area contributed by atoms with Crippen molar-refractivity contribution >= 4 is 35.5 Å². The normalized spacial score (nSPS) is 21.4. The molecule has 2 saturated carbocycles. The molecule has 10 radical (unpaired) electrons. The summed E-state index contributed by atoms with van der Waals surface area (Å²) in [6.45, 7) is 0. The molecule has 0 spiro atoms. The first-order valence-corrected chi connectivity index (χ1v) is 19.5. The van der Waals surface area contributed by atoms with Gasteiger partial charge >= 0.3 is 37.9 Å². The molecular formula is C30H22Cl2SiZr. The third kappa shape index (κ3) is 4.50. The van der Waals surface area contributed by atoms with E-state index in [1.807, 2.05) is 0 Å². The van der Waals surface area contributed by atoms with E-state index in [1.165, 1.54) is 45.1 Å². The van der Waals surface area contributed by atoms with Crippen LogP contribution in [0.15, 0.2) is 109 Å². The summed E-state index contributed by atoms with van der Waals surface area (Å²) >= 11 is -0.826.